The first-order valence-electron chi connectivity index (χ1n) is 13.2. The van der Waals surface area contributed by atoms with Crippen LogP contribution in [0, 0.1) is 0 Å². The van der Waals surface area contributed by atoms with Gasteiger partial charge in [0.15, 0.2) is 5.82 Å². The van der Waals surface area contributed by atoms with E-state index in [4.69, 9.17) is 0 Å². The first-order chi connectivity index (χ1) is 21.3. The second-order valence-electron chi connectivity index (χ2n) is 9.46. The Balaban J connectivity index is 1.16. The molecule has 2 aromatic heterocycles. The van der Waals surface area contributed by atoms with Gasteiger partial charge in [0, 0.05) is 6.42 Å². The molecule has 0 aliphatic heterocycles. The van der Waals surface area contributed by atoms with Crippen molar-refractivity contribution in [3.63, 3.8) is 0 Å². The highest BCUT2D eigenvalue weighted by atomic mass is 32.1. The smallest absolute Gasteiger partial charge is 0.406 e. The summed E-state index contributed by atoms with van der Waals surface area (Å²) in [5, 5.41) is 22.1. The summed E-state index contributed by atoms with van der Waals surface area (Å²) in [6.45, 7) is 0. The van der Waals surface area contributed by atoms with Crippen LogP contribution in [0.5, 0.6) is 11.5 Å². The van der Waals surface area contributed by atoms with Crippen molar-refractivity contribution >= 4 is 34.1 Å². The summed E-state index contributed by atoms with van der Waals surface area (Å²) in [6, 6.07) is 13.5. The molecule has 0 aliphatic rings. The largest absolute Gasteiger partial charge is 0.573 e. The van der Waals surface area contributed by atoms with E-state index >= 15 is 0 Å². The highest BCUT2D eigenvalue weighted by Gasteiger charge is 2.32. The Bertz CT molecular complexity index is 1600. The van der Waals surface area contributed by atoms with E-state index in [0.717, 1.165) is 37.1 Å². The second kappa shape index (κ2) is 14.8. The van der Waals surface area contributed by atoms with E-state index in [2.05, 4.69) is 40.5 Å². The van der Waals surface area contributed by atoms with E-state index in [0.29, 0.717) is 34.7 Å². The number of alkyl halides is 6. The van der Waals surface area contributed by atoms with E-state index in [1.54, 1.807) is 12.1 Å². The average Bonchev–Trinajstić information content (AvgIpc) is 3.37. The Hall–Kier alpha value is -4.80. The molecule has 0 saturated carbocycles. The molecule has 0 aliphatic carbocycles. The van der Waals surface area contributed by atoms with Crippen LogP contribution >= 0.6 is 11.3 Å². The number of hydrogen-bond acceptors (Lipinski definition) is 9. The lowest BCUT2D eigenvalue weighted by molar-refractivity contribution is -0.275. The Morgan fingerprint density at radius 3 is 1.82 bits per heavy atom. The summed E-state index contributed by atoms with van der Waals surface area (Å²) in [5.41, 5.74) is 1.34. The number of halogens is 6. The number of benzene rings is 2. The maximum Gasteiger partial charge on any atom is 0.573 e. The van der Waals surface area contributed by atoms with Gasteiger partial charge >= 0.3 is 12.7 Å². The minimum absolute atomic E-state index is 0.178. The van der Waals surface area contributed by atoms with Gasteiger partial charge in [0.2, 0.25) is 16.9 Å². The molecule has 2 heterocycles. The number of carbonyl (C=O) groups excluding carboxylic acids is 2. The number of anilines is 2. The highest BCUT2D eigenvalue weighted by molar-refractivity contribution is 7.15. The van der Waals surface area contributed by atoms with Crippen molar-refractivity contribution in [2.24, 2.45) is 0 Å². The third-order valence-electron chi connectivity index (χ3n) is 5.77. The molecule has 238 valence electrons. The van der Waals surface area contributed by atoms with Gasteiger partial charge in [-0.1, -0.05) is 35.6 Å². The molecule has 4 aromatic rings. The van der Waals surface area contributed by atoms with Crippen molar-refractivity contribution < 1.29 is 45.4 Å². The molecule has 2 N–H and O–H groups in total. The molecule has 0 fully saturated rings. The van der Waals surface area contributed by atoms with E-state index in [1.165, 1.54) is 35.6 Å². The maximum atomic E-state index is 12.4. The lowest BCUT2D eigenvalue weighted by Gasteiger charge is -2.10. The number of amides is 2. The predicted octanol–water partition coefficient (Wildman–Crippen LogP) is 6.05. The van der Waals surface area contributed by atoms with E-state index in [9.17, 15) is 35.9 Å². The van der Waals surface area contributed by atoms with E-state index < -0.39 is 36.0 Å². The number of carbonyl (C=O) groups is 2. The molecule has 17 heteroatoms. The molecule has 0 saturated heterocycles. The van der Waals surface area contributed by atoms with Gasteiger partial charge in [0.05, 0.1) is 18.5 Å². The van der Waals surface area contributed by atoms with Crippen molar-refractivity contribution in [2.75, 3.05) is 10.6 Å². The van der Waals surface area contributed by atoms with Crippen molar-refractivity contribution in [3.05, 3.63) is 82.5 Å². The molecular weight excluding hydrogens is 630 g/mol. The van der Waals surface area contributed by atoms with Crippen molar-refractivity contribution in [2.45, 2.75) is 51.2 Å². The Morgan fingerprint density at radius 1 is 0.689 bits per heavy atom. The van der Waals surface area contributed by atoms with E-state index in [-0.39, 0.29) is 23.8 Å². The van der Waals surface area contributed by atoms with Crippen LogP contribution in [0.15, 0.2) is 60.7 Å². The molecule has 0 bridgehead atoms. The zero-order valence-electron chi connectivity index (χ0n) is 23.1. The molecule has 2 amide bonds. The predicted molar refractivity (Wildman–Crippen MR) is 150 cm³/mol. The third kappa shape index (κ3) is 12.0. The number of nitrogens with one attached hydrogen (secondary N) is 2. The Morgan fingerprint density at radius 2 is 1.27 bits per heavy atom. The van der Waals surface area contributed by atoms with Gasteiger partial charge in [-0.25, -0.2) is 0 Å². The molecule has 0 atom stereocenters. The summed E-state index contributed by atoms with van der Waals surface area (Å²) >= 11 is 1.19. The fourth-order valence-electron chi connectivity index (χ4n) is 3.97. The third-order valence-corrected chi connectivity index (χ3v) is 6.67. The monoisotopic (exact) mass is 654 g/mol. The van der Waals surface area contributed by atoms with Crippen LogP contribution in [-0.4, -0.2) is 44.9 Å². The second-order valence-corrected chi connectivity index (χ2v) is 10.5. The molecule has 0 radical (unpaired) electrons. The maximum absolute atomic E-state index is 12.4. The summed E-state index contributed by atoms with van der Waals surface area (Å²) in [4.78, 5) is 24.6. The number of unbranched alkanes of at least 4 members (excludes halogenated alkanes) is 1. The summed E-state index contributed by atoms with van der Waals surface area (Å²) in [7, 11) is 0. The average molecular weight is 655 g/mol. The van der Waals surface area contributed by atoms with Crippen LogP contribution in [0.25, 0.3) is 0 Å². The SMILES string of the molecule is O=C(Cc1cccc(OC(F)(F)F)c1)Nc1ccc(CCCCc2nnc(NC(=O)Cc3cccc(OC(F)(F)F)c3)s2)nn1. The van der Waals surface area contributed by atoms with Gasteiger partial charge in [-0.05, 0) is 66.8 Å². The molecule has 4 rings (SSSR count). The Labute approximate surface area is 255 Å². The van der Waals surface area contributed by atoms with Crippen LogP contribution in [0.2, 0.25) is 0 Å². The van der Waals surface area contributed by atoms with Gasteiger partial charge in [-0.15, -0.1) is 41.6 Å². The first-order valence-corrected chi connectivity index (χ1v) is 14.1. The van der Waals surface area contributed by atoms with Crippen LogP contribution in [0.4, 0.5) is 37.3 Å². The standard InChI is InChI=1S/C28H24F6N6O4S/c29-27(30,31)43-20-8-3-5-17(13-20)15-23(41)35-22-12-11-19(37-38-22)7-1-2-10-25-39-40-26(45-25)36-24(42)16-18-6-4-9-21(14-18)44-28(32,33)34/h3-6,8-9,11-14H,1-2,7,10,15-16H2,(H,35,38,41)(H,36,40,42). The van der Waals surface area contributed by atoms with Crippen LogP contribution in [0.1, 0.15) is 34.7 Å². The number of aromatic nitrogens is 4. The van der Waals surface area contributed by atoms with Gasteiger partial charge in [0.1, 0.15) is 16.5 Å². The van der Waals surface area contributed by atoms with E-state index in [1.807, 2.05) is 0 Å². The zero-order chi connectivity index (χ0) is 32.5. The quantitative estimate of drug-likeness (QED) is 0.132. The summed E-state index contributed by atoms with van der Waals surface area (Å²) < 4.78 is 82.2. The lowest BCUT2D eigenvalue weighted by Crippen LogP contribution is -2.18. The van der Waals surface area contributed by atoms with Gasteiger partial charge in [-0.3, -0.25) is 9.59 Å². The number of aryl methyl sites for hydroxylation is 2. The van der Waals surface area contributed by atoms with Crippen LogP contribution in [0.3, 0.4) is 0 Å². The topological polar surface area (TPSA) is 128 Å². The van der Waals surface area contributed by atoms with Gasteiger partial charge < -0.3 is 20.1 Å². The number of rotatable bonds is 13. The lowest BCUT2D eigenvalue weighted by atomic mass is 10.1. The number of hydrogen-bond donors (Lipinski definition) is 2. The molecule has 45 heavy (non-hydrogen) atoms. The van der Waals surface area contributed by atoms with Crippen LogP contribution < -0.4 is 20.1 Å². The minimum Gasteiger partial charge on any atom is -0.406 e. The van der Waals surface area contributed by atoms with Crippen molar-refractivity contribution in [1.29, 1.82) is 0 Å². The van der Waals surface area contributed by atoms with Gasteiger partial charge in [-0.2, -0.15) is 5.10 Å². The zero-order valence-corrected chi connectivity index (χ0v) is 23.9. The molecule has 0 spiro atoms. The molecule has 0 unspecified atom stereocenters. The molecule has 2 aromatic carbocycles. The highest BCUT2D eigenvalue weighted by Crippen LogP contribution is 2.25. The first kappa shape index (κ1) is 33.1. The molecular formula is C28H24F6N6O4S. The van der Waals surface area contributed by atoms with Gasteiger partial charge in [0.25, 0.3) is 0 Å². The van der Waals surface area contributed by atoms with Crippen LogP contribution in [-0.2, 0) is 35.3 Å². The summed E-state index contributed by atoms with van der Waals surface area (Å²) in [6.07, 6.45) is -7.40. The number of ether oxygens (including phenoxy) is 2. The molecule has 10 nitrogen and oxygen atoms in total. The summed E-state index contributed by atoms with van der Waals surface area (Å²) in [5.74, 6) is -1.60. The number of nitrogens with zero attached hydrogens (tertiary/aromatic N) is 4. The fraction of sp³-hybridized carbons (Fsp3) is 0.286. The normalized spacial score (nSPS) is 11.6. The minimum atomic E-state index is -4.83. The Kier molecular flexibility index (Phi) is 10.9. The fourth-order valence-corrected chi connectivity index (χ4v) is 4.77. The van der Waals surface area contributed by atoms with Crippen molar-refractivity contribution in [1.82, 2.24) is 20.4 Å². The van der Waals surface area contributed by atoms with Crippen molar-refractivity contribution in [3.8, 4) is 11.5 Å².